The molecule has 0 atom stereocenters. The lowest BCUT2D eigenvalue weighted by Gasteiger charge is -2.00. The summed E-state index contributed by atoms with van der Waals surface area (Å²) in [6, 6.07) is 6.97. The Morgan fingerprint density at radius 2 is 1.73 bits per heavy atom. The smallest absolute Gasteiger partial charge is 0.178 e. The third-order valence-corrected chi connectivity index (χ3v) is 2.42. The number of aryl methyl sites for hydroxylation is 1. The number of benzene rings is 1. The van der Waals surface area contributed by atoms with Gasteiger partial charge in [-0.3, -0.25) is 5.11 Å². The lowest BCUT2D eigenvalue weighted by Crippen LogP contribution is -1.90. The van der Waals surface area contributed by atoms with Crippen LogP contribution in [0.3, 0.4) is 0 Å². The van der Waals surface area contributed by atoms with Crippen molar-refractivity contribution in [2.24, 2.45) is 0 Å². The number of unbranched alkanes of at least 4 members (excludes halogenated alkanes) is 2. The van der Waals surface area contributed by atoms with Crippen LogP contribution in [-0.4, -0.2) is 5.78 Å². The van der Waals surface area contributed by atoms with Crippen LogP contribution in [0.25, 0.3) is 0 Å². The zero-order chi connectivity index (χ0) is 11.1. The lowest BCUT2D eigenvalue weighted by molar-refractivity contribution is -0.117. The molecule has 0 unspecified atom stereocenters. The van der Waals surface area contributed by atoms with Gasteiger partial charge in [-0.05, 0) is 43.9 Å². The van der Waals surface area contributed by atoms with Crippen molar-refractivity contribution in [1.82, 2.24) is 0 Å². The van der Waals surface area contributed by atoms with E-state index in [4.69, 9.17) is 0 Å². The van der Waals surface area contributed by atoms with Crippen LogP contribution in [0.5, 0.6) is 5.75 Å². The van der Waals surface area contributed by atoms with Crippen molar-refractivity contribution in [3.63, 3.8) is 0 Å². The molecule has 0 saturated heterocycles. The summed E-state index contributed by atoms with van der Waals surface area (Å²) >= 11 is 0. The molecule has 0 aliphatic heterocycles. The fourth-order valence-corrected chi connectivity index (χ4v) is 1.54. The normalized spacial score (nSPS) is 10.2. The van der Waals surface area contributed by atoms with Gasteiger partial charge < -0.3 is 4.79 Å². The van der Waals surface area contributed by atoms with Crippen LogP contribution < -0.4 is 0 Å². The van der Waals surface area contributed by atoms with Gasteiger partial charge in [-0.1, -0.05) is 18.6 Å². The summed E-state index contributed by atoms with van der Waals surface area (Å²) in [6.45, 7) is 1.63. The zero-order valence-corrected chi connectivity index (χ0v) is 9.16. The maximum atomic E-state index is 10.8. The average molecular weight is 205 g/mol. The minimum Gasteiger partial charge on any atom is -0.300 e. The molecule has 0 spiro atoms. The molecule has 15 heavy (non-hydrogen) atoms. The van der Waals surface area contributed by atoms with Gasteiger partial charge in [0.15, 0.2) is 5.75 Å². The molecule has 0 aliphatic carbocycles. The second-order valence-electron chi connectivity index (χ2n) is 3.91. The first-order valence-electron chi connectivity index (χ1n) is 5.44. The molecule has 1 radical (unpaired) electrons. The molecule has 1 aromatic carbocycles. The summed E-state index contributed by atoms with van der Waals surface area (Å²) in [5.74, 6) is 0.334. The Morgan fingerprint density at radius 1 is 1.07 bits per heavy atom. The number of carbonyl (C=O) groups is 1. The van der Waals surface area contributed by atoms with Gasteiger partial charge in [0.2, 0.25) is 0 Å². The van der Waals surface area contributed by atoms with E-state index in [1.807, 2.05) is 12.1 Å². The highest BCUT2D eigenvalue weighted by Crippen LogP contribution is 2.13. The van der Waals surface area contributed by atoms with Crippen molar-refractivity contribution in [1.29, 1.82) is 0 Å². The van der Waals surface area contributed by atoms with Crippen molar-refractivity contribution in [2.45, 2.75) is 39.0 Å². The van der Waals surface area contributed by atoms with Gasteiger partial charge in [0.1, 0.15) is 5.78 Å². The third kappa shape index (κ3) is 5.21. The van der Waals surface area contributed by atoms with Gasteiger partial charge in [-0.15, -0.1) is 0 Å². The van der Waals surface area contributed by atoms with Crippen LogP contribution in [0.1, 0.15) is 38.2 Å². The highest BCUT2D eigenvalue weighted by atomic mass is 16.3. The summed E-state index contributed by atoms with van der Waals surface area (Å²) in [5, 5.41) is 10.8. The number of hydrogen-bond acceptors (Lipinski definition) is 1. The van der Waals surface area contributed by atoms with Crippen LogP contribution in [0.4, 0.5) is 0 Å². The molecule has 0 bridgehead atoms. The molecule has 0 heterocycles. The fraction of sp³-hybridized carbons (Fsp3) is 0.462. The van der Waals surface area contributed by atoms with E-state index in [0.717, 1.165) is 25.7 Å². The monoisotopic (exact) mass is 205 g/mol. The lowest BCUT2D eigenvalue weighted by atomic mass is 10.1. The standard InChI is InChI=1S/C13H17O2/c1-11(14)5-3-2-4-6-12-7-9-13(15)10-8-12/h7-10H,2-6H2,1H3. The highest BCUT2D eigenvalue weighted by Gasteiger charge is 1.96. The molecule has 2 nitrogen and oxygen atoms in total. The molecule has 2 heteroatoms. The minimum absolute atomic E-state index is 0.0651. The topological polar surface area (TPSA) is 37.0 Å². The van der Waals surface area contributed by atoms with Crippen molar-refractivity contribution in [2.75, 3.05) is 0 Å². The number of rotatable bonds is 6. The largest absolute Gasteiger partial charge is 0.300 e. The van der Waals surface area contributed by atoms with Gasteiger partial charge >= 0.3 is 0 Å². The zero-order valence-electron chi connectivity index (χ0n) is 9.16. The van der Waals surface area contributed by atoms with Crippen LogP contribution in [0, 0.1) is 0 Å². The third-order valence-electron chi connectivity index (χ3n) is 2.42. The summed E-state index contributed by atoms with van der Waals surface area (Å²) in [6.07, 6.45) is 4.84. The molecule has 81 valence electrons. The first-order valence-corrected chi connectivity index (χ1v) is 5.44. The molecule has 1 aromatic rings. The predicted molar refractivity (Wildman–Crippen MR) is 59.4 cm³/mol. The minimum atomic E-state index is 0.0651. The maximum Gasteiger partial charge on any atom is 0.178 e. The Labute approximate surface area is 90.9 Å². The second-order valence-corrected chi connectivity index (χ2v) is 3.91. The molecule has 0 N–H and O–H groups in total. The van der Waals surface area contributed by atoms with Gasteiger partial charge in [-0.2, -0.15) is 0 Å². The van der Waals surface area contributed by atoms with E-state index in [9.17, 15) is 9.90 Å². The van der Waals surface area contributed by atoms with Gasteiger partial charge in [0, 0.05) is 6.42 Å². The molecule has 0 aromatic heterocycles. The second kappa shape index (κ2) is 6.23. The quantitative estimate of drug-likeness (QED) is 0.654. The fourth-order valence-electron chi connectivity index (χ4n) is 1.54. The summed E-state index contributed by atoms with van der Waals surface area (Å²) in [4.78, 5) is 10.7. The van der Waals surface area contributed by atoms with E-state index in [1.165, 1.54) is 5.56 Å². The van der Waals surface area contributed by atoms with E-state index in [2.05, 4.69) is 0 Å². The Kier molecular flexibility index (Phi) is 4.88. The van der Waals surface area contributed by atoms with Crippen molar-refractivity contribution in [3.8, 4) is 5.75 Å². The van der Waals surface area contributed by atoms with Gasteiger partial charge in [-0.25, -0.2) is 0 Å². The van der Waals surface area contributed by atoms with E-state index >= 15 is 0 Å². The Balaban J connectivity index is 2.15. The first kappa shape index (κ1) is 11.8. The molecule has 0 aliphatic rings. The Bertz CT molecular complexity index is 301. The highest BCUT2D eigenvalue weighted by molar-refractivity contribution is 5.75. The number of carbonyl (C=O) groups excluding carboxylic acids is 1. The molecule has 0 amide bonds. The summed E-state index contributed by atoms with van der Waals surface area (Å²) in [7, 11) is 0. The van der Waals surface area contributed by atoms with Crippen LogP contribution in [0.2, 0.25) is 0 Å². The van der Waals surface area contributed by atoms with Crippen LogP contribution in [-0.2, 0) is 16.3 Å². The molecule has 0 saturated carbocycles. The van der Waals surface area contributed by atoms with Crippen molar-refractivity contribution in [3.05, 3.63) is 29.8 Å². The van der Waals surface area contributed by atoms with E-state index in [0.29, 0.717) is 6.42 Å². The molecule has 1 rings (SSSR count). The predicted octanol–water partition coefficient (Wildman–Crippen LogP) is 3.52. The molecule has 0 fully saturated rings. The average Bonchev–Trinajstić information content (AvgIpc) is 2.20. The first-order chi connectivity index (χ1) is 7.18. The van der Waals surface area contributed by atoms with E-state index < -0.39 is 0 Å². The Hall–Kier alpha value is -1.31. The van der Waals surface area contributed by atoms with E-state index in [1.54, 1.807) is 19.1 Å². The SMILES string of the molecule is CC(=O)CCCCCc1ccc([O])cc1. The van der Waals surface area contributed by atoms with Crippen molar-refractivity contribution >= 4 is 5.78 Å². The Morgan fingerprint density at radius 3 is 2.33 bits per heavy atom. The van der Waals surface area contributed by atoms with E-state index in [-0.39, 0.29) is 11.5 Å². The summed E-state index contributed by atoms with van der Waals surface area (Å²) in [5.41, 5.74) is 1.21. The number of hydrogen-bond donors (Lipinski definition) is 0. The summed E-state index contributed by atoms with van der Waals surface area (Å²) < 4.78 is 0. The molecular weight excluding hydrogens is 188 g/mol. The van der Waals surface area contributed by atoms with Crippen LogP contribution in [0.15, 0.2) is 24.3 Å². The maximum absolute atomic E-state index is 10.8. The number of Topliss-reactive ketones (excluding diaryl/α,β-unsaturated/α-hetero) is 1. The van der Waals surface area contributed by atoms with Crippen molar-refractivity contribution < 1.29 is 9.90 Å². The number of ketones is 1. The molecular formula is C13H17O2. The van der Waals surface area contributed by atoms with Gasteiger partial charge in [0.25, 0.3) is 0 Å². The van der Waals surface area contributed by atoms with Crippen LogP contribution >= 0.6 is 0 Å². The van der Waals surface area contributed by atoms with Gasteiger partial charge in [0.05, 0.1) is 0 Å².